The van der Waals surface area contributed by atoms with E-state index in [1.807, 2.05) is 24.3 Å². The van der Waals surface area contributed by atoms with Gasteiger partial charge in [-0.15, -0.1) is 0 Å². The number of benzene rings is 1. The lowest BCUT2D eigenvalue weighted by molar-refractivity contribution is 0.295. The minimum atomic E-state index is 0.312. The van der Waals surface area contributed by atoms with Crippen molar-refractivity contribution in [1.29, 1.82) is 0 Å². The summed E-state index contributed by atoms with van der Waals surface area (Å²) < 4.78 is 10.6. The van der Waals surface area contributed by atoms with Crippen LogP contribution in [-0.2, 0) is 6.61 Å². The van der Waals surface area contributed by atoms with E-state index < -0.39 is 0 Å². The number of rotatable bonds is 4. The second-order valence-electron chi connectivity index (χ2n) is 3.40. The summed E-state index contributed by atoms with van der Waals surface area (Å²) in [4.78, 5) is 8.08. The van der Waals surface area contributed by atoms with Crippen molar-refractivity contribution in [2.45, 2.75) is 6.61 Å². The average molecular weight is 231 g/mol. The number of aromatic nitrogens is 2. The molecule has 2 rings (SSSR count). The SMILES string of the molecule is COc1ccc(OCc2ncc(N)cn2)cc1. The Bertz CT molecular complexity index is 468. The molecule has 1 aromatic carbocycles. The lowest BCUT2D eigenvalue weighted by Crippen LogP contribution is -2.01. The Labute approximate surface area is 99.2 Å². The fraction of sp³-hybridized carbons (Fsp3) is 0.167. The van der Waals surface area contributed by atoms with E-state index in [0.29, 0.717) is 18.1 Å². The first-order chi connectivity index (χ1) is 8.28. The maximum atomic E-state index is 5.51. The molecule has 2 N–H and O–H groups in total. The Kier molecular flexibility index (Phi) is 3.40. The van der Waals surface area contributed by atoms with Crippen molar-refractivity contribution in [2.75, 3.05) is 12.8 Å². The quantitative estimate of drug-likeness (QED) is 0.866. The second-order valence-corrected chi connectivity index (χ2v) is 3.40. The van der Waals surface area contributed by atoms with Gasteiger partial charge in [-0.05, 0) is 24.3 Å². The molecule has 0 radical (unpaired) electrons. The molecule has 1 heterocycles. The Hall–Kier alpha value is -2.30. The number of nitrogens with two attached hydrogens (primary N) is 1. The zero-order valence-corrected chi connectivity index (χ0v) is 9.46. The molecule has 0 atom stereocenters. The number of nitrogen functional groups attached to an aromatic ring is 1. The van der Waals surface area contributed by atoms with E-state index in [9.17, 15) is 0 Å². The first-order valence-electron chi connectivity index (χ1n) is 5.11. The fourth-order valence-corrected chi connectivity index (χ4v) is 1.26. The Morgan fingerprint density at radius 2 is 1.65 bits per heavy atom. The summed E-state index contributed by atoms with van der Waals surface area (Å²) >= 11 is 0. The average Bonchev–Trinajstić information content (AvgIpc) is 2.39. The lowest BCUT2D eigenvalue weighted by Gasteiger charge is -2.06. The molecule has 0 saturated carbocycles. The van der Waals surface area contributed by atoms with Crippen LogP contribution in [0, 0.1) is 0 Å². The van der Waals surface area contributed by atoms with Crippen molar-refractivity contribution in [2.24, 2.45) is 0 Å². The highest BCUT2D eigenvalue weighted by Crippen LogP contribution is 2.17. The third-order valence-electron chi connectivity index (χ3n) is 2.15. The number of nitrogens with zero attached hydrogens (tertiary/aromatic N) is 2. The molecule has 88 valence electrons. The normalized spacial score (nSPS) is 9.94. The van der Waals surface area contributed by atoms with Crippen molar-refractivity contribution >= 4 is 5.69 Å². The molecular weight excluding hydrogens is 218 g/mol. The number of methoxy groups -OCH3 is 1. The fourth-order valence-electron chi connectivity index (χ4n) is 1.26. The van der Waals surface area contributed by atoms with Gasteiger partial charge in [0.2, 0.25) is 0 Å². The molecule has 17 heavy (non-hydrogen) atoms. The van der Waals surface area contributed by atoms with Crippen LogP contribution in [0.25, 0.3) is 0 Å². The monoisotopic (exact) mass is 231 g/mol. The van der Waals surface area contributed by atoms with E-state index in [4.69, 9.17) is 15.2 Å². The van der Waals surface area contributed by atoms with Crippen LogP contribution in [0.2, 0.25) is 0 Å². The topological polar surface area (TPSA) is 70.3 Å². The van der Waals surface area contributed by atoms with Crippen molar-refractivity contribution in [3.8, 4) is 11.5 Å². The van der Waals surface area contributed by atoms with Gasteiger partial charge >= 0.3 is 0 Å². The molecule has 0 fully saturated rings. The standard InChI is InChI=1S/C12H13N3O2/c1-16-10-2-4-11(5-3-10)17-8-12-14-6-9(13)7-15-12/h2-7H,8,13H2,1H3. The maximum absolute atomic E-state index is 5.51. The molecule has 1 aromatic heterocycles. The summed E-state index contributed by atoms with van der Waals surface area (Å²) in [5.41, 5.74) is 6.03. The Morgan fingerprint density at radius 1 is 1.06 bits per heavy atom. The molecule has 0 saturated heterocycles. The van der Waals surface area contributed by atoms with Gasteiger partial charge in [0.05, 0.1) is 25.2 Å². The van der Waals surface area contributed by atoms with Crippen LogP contribution < -0.4 is 15.2 Å². The van der Waals surface area contributed by atoms with E-state index in [1.165, 1.54) is 0 Å². The van der Waals surface area contributed by atoms with Gasteiger partial charge in [0.25, 0.3) is 0 Å². The van der Waals surface area contributed by atoms with Crippen LogP contribution in [0.1, 0.15) is 5.82 Å². The van der Waals surface area contributed by atoms with Gasteiger partial charge in [0.1, 0.15) is 18.1 Å². The summed E-state index contributed by atoms with van der Waals surface area (Å²) in [6, 6.07) is 7.32. The van der Waals surface area contributed by atoms with Crippen molar-refractivity contribution in [3.05, 3.63) is 42.5 Å². The molecule has 0 aliphatic carbocycles. The van der Waals surface area contributed by atoms with E-state index in [1.54, 1.807) is 19.5 Å². The molecule has 0 spiro atoms. The zero-order valence-electron chi connectivity index (χ0n) is 9.46. The summed E-state index contributed by atoms with van der Waals surface area (Å²) in [5, 5.41) is 0. The van der Waals surface area contributed by atoms with Crippen LogP contribution >= 0.6 is 0 Å². The van der Waals surface area contributed by atoms with Crippen molar-refractivity contribution in [3.63, 3.8) is 0 Å². The highest BCUT2D eigenvalue weighted by molar-refractivity contribution is 5.31. The summed E-state index contributed by atoms with van der Waals surface area (Å²) in [5.74, 6) is 2.13. The third-order valence-corrected chi connectivity index (χ3v) is 2.15. The van der Waals surface area contributed by atoms with Gasteiger partial charge in [0.15, 0.2) is 5.82 Å². The van der Waals surface area contributed by atoms with Gasteiger partial charge in [-0.3, -0.25) is 0 Å². The van der Waals surface area contributed by atoms with Gasteiger partial charge in [0, 0.05) is 0 Å². The highest BCUT2D eigenvalue weighted by atomic mass is 16.5. The molecule has 0 aliphatic heterocycles. The molecule has 0 unspecified atom stereocenters. The van der Waals surface area contributed by atoms with Crippen molar-refractivity contribution < 1.29 is 9.47 Å². The molecule has 5 heteroatoms. The number of anilines is 1. The molecule has 0 aliphatic rings. The Balaban J connectivity index is 1.95. The maximum Gasteiger partial charge on any atom is 0.166 e. The van der Waals surface area contributed by atoms with Crippen LogP contribution in [-0.4, -0.2) is 17.1 Å². The molecular formula is C12H13N3O2. The van der Waals surface area contributed by atoms with Gasteiger partial charge in [-0.1, -0.05) is 0 Å². The number of hydrogen-bond donors (Lipinski definition) is 1. The van der Waals surface area contributed by atoms with E-state index in [2.05, 4.69) is 9.97 Å². The number of hydrogen-bond acceptors (Lipinski definition) is 5. The van der Waals surface area contributed by atoms with Crippen LogP contribution in [0.15, 0.2) is 36.7 Å². The second kappa shape index (κ2) is 5.16. The first-order valence-corrected chi connectivity index (χ1v) is 5.11. The van der Waals surface area contributed by atoms with Gasteiger partial charge in [-0.25, -0.2) is 9.97 Å². The molecule has 2 aromatic rings. The summed E-state index contributed by atoms with van der Waals surface area (Å²) in [6.45, 7) is 0.312. The smallest absolute Gasteiger partial charge is 0.166 e. The summed E-state index contributed by atoms with van der Waals surface area (Å²) in [7, 11) is 1.62. The van der Waals surface area contributed by atoms with E-state index in [0.717, 1.165) is 11.5 Å². The number of ether oxygens (including phenoxy) is 2. The third kappa shape index (κ3) is 3.07. The van der Waals surface area contributed by atoms with Gasteiger partial charge < -0.3 is 15.2 Å². The Morgan fingerprint density at radius 3 is 2.24 bits per heavy atom. The van der Waals surface area contributed by atoms with Crippen LogP contribution in [0.3, 0.4) is 0 Å². The van der Waals surface area contributed by atoms with Crippen LogP contribution in [0.5, 0.6) is 11.5 Å². The minimum Gasteiger partial charge on any atom is -0.497 e. The predicted molar refractivity (Wildman–Crippen MR) is 63.8 cm³/mol. The minimum absolute atomic E-state index is 0.312. The lowest BCUT2D eigenvalue weighted by atomic mass is 10.3. The highest BCUT2D eigenvalue weighted by Gasteiger charge is 1.99. The molecule has 0 bridgehead atoms. The van der Waals surface area contributed by atoms with E-state index >= 15 is 0 Å². The largest absolute Gasteiger partial charge is 0.497 e. The summed E-state index contributed by atoms with van der Waals surface area (Å²) in [6.07, 6.45) is 3.11. The van der Waals surface area contributed by atoms with Crippen LogP contribution in [0.4, 0.5) is 5.69 Å². The predicted octanol–water partition coefficient (Wildman–Crippen LogP) is 1.65. The first kappa shape index (κ1) is 11.2. The zero-order chi connectivity index (χ0) is 12.1. The molecule has 0 amide bonds. The van der Waals surface area contributed by atoms with Crippen molar-refractivity contribution in [1.82, 2.24) is 9.97 Å². The van der Waals surface area contributed by atoms with Gasteiger partial charge in [-0.2, -0.15) is 0 Å². The molecule has 5 nitrogen and oxygen atoms in total. The van der Waals surface area contributed by atoms with E-state index in [-0.39, 0.29) is 0 Å².